The first kappa shape index (κ1) is 17.8. The molecule has 126 valence electrons. The maximum absolute atomic E-state index is 12.2. The summed E-state index contributed by atoms with van der Waals surface area (Å²) in [6.45, 7) is 2.53. The molecule has 24 heavy (non-hydrogen) atoms. The molecule has 0 unspecified atom stereocenters. The molecule has 0 heterocycles. The van der Waals surface area contributed by atoms with Crippen LogP contribution in [0.15, 0.2) is 47.4 Å². The van der Waals surface area contributed by atoms with Gasteiger partial charge in [0.05, 0.1) is 11.5 Å². The van der Waals surface area contributed by atoms with Crippen LogP contribution in [-0.4, -0.2) is 30.2 Å². The van der Waals surface area contributed by atoms with E-state index in [1.165, 1.54) is 23.9 Å². The molecule has 2 aromatic rings. The van der Waals surface area contributed by atoms with Gasteiger partial charge in [0.1, 0.15) is 17.9 Å². The molecule has 0 aromatic heterocycles. The molecule has 1 N–H and O–H groups in total. The van der Waals surface area contributed by atoms with Gasteiger partial charge in [-0.3, -0.25) is 14.9 Å². The fourth-order valence-corrected chi connectivity index (χ4v) is 2.49. The molecule has 1 amide bonds. The maximum atomic E-state index is 12.2. The number of nitro benzene ring substituents is 1. The summed E-state index contributed by atoms with van der Waals surface area (Å²) in [5, 5.41) is 13.7. The van der Waals surface area contributed by atoms with Crippen LogP contribution in [0.3, 0.4) is 0 Å². The number of amides is 1. The molecule has 0 aliphatic carbocycles. The van der Waals surface area contributed by atoms with Crippen molar-refractivity contribution in [2.75, 3.05) is 19.4 Å². The van der Waals surface area contributed by atoms with Crippen LogP contribution in [0.5, 0.6) is 5.75 Å². The zero-order valence-electron chi connectivity index (χ0n) is 13.4. The van der Waals surface area contributed by atoms with Crippen LogP contribution < -0.4 is 10.1 Å². The van der Waals surface area contributed by atoms with Crippen LogP contribution in [0.4, 0.5) is 5.69 Å². The second kappa shape index (κ2) is 8.35. The van der Waals surface area contributed by atoms with E-state index < -0.39 is 10.8 Å². The molecule has 0 bridgehead atoms. The van der Waals surface area contributed by atoms with Gasteiger partial charge in [-0.2, -0.15) is 0 Å². The van der Waals surface area contributed by atoms with Gasteiger partial charge in [0, 0.05) is 11.0 Å². The molecular formula is C17H18N2O4S. The average Bonchev–Trinajstić information content (AvgIpc) is 2.59. The van der Waals surface area contributed by atoms with Gasteiger partial charge in [0.25, 0.3) is 11.6 Å². The number of benzene rings is 2. The van der Waals surface area contributed by atoms with Crippen LogP contribution in [-0.2, 0) is 0 Å². The molecule has 0 radical (unpaired) electrons. The van der Waals surface area contributed by atoms with Crippen molar-refractivity contribution in [1.29, 1.82) is 0 Å². The van der Waals surface area contributed by atoms with Gasteiger partial charge in [0.2, 0.25) is 0 Å². The van der Waals surface area contributed by atoms with E-state index in [9.17, 15) is 14.9 Å². The number of rotatable bonds is 7. The lowest BCUT2D eigenvalue weighted by atomic mass is 10.1. The zero-order valence-corrected chi connectivity index (χ0v) is 14.3. The van der Waals surface area contributed by atoms with E-state index in [0.717, 1.165) is 10.5 Å². The number of carbonyl (C=O) groups excluding carboxylic acids is 1. The quantitative estimate of drug-likeness (QED) is 0.359. The lowest BCUT2D eigenvalue weighted by Gasteiger charge is -2.09. The minimum atomic E-state index is -0.554. The third kappa shape index (κ3) is 4.73. The Hall–Kier alpha value is -2.54. The Morgan fingerprint density at radius 1 is 1.25 bits per heavy atom. The van der Waals surface area contributed by atoms with Crippen molar-refractivity contribution < 1.29 is 14.5 Å². The van der Waals surface area contributed by atoms with Crippen molar-refractivity contribution in [2.24, 2.45) is 0 Å². The summed E-state index contributed by atoms with van der Waals surface area (Å²) in [5.41, 5.74) is 0.989. The van der Waals surface area contributed by atoms with E-state index in [0.29, 0.717) is 5.75 Å². The van der Waals surface area contributed by atoms with E-state index in [2.05, 4.69) is 5.32 Å². The van der Waals surface area contributed by atoms with Crippen LogP contribution in [0.25, 0.3) is 0 Å². The standard InChI is InChI=1S/C17H18N2O4S/c1-12-3-5-13(6-4-12)23-10-9-18-17(20)15-11-14(24-2)7-8-16(15)19(21)22/h3-8,11H,9-10H2,1-2H3,(H,18,20). The lowest BCUT2D eigenvalue weighted by Crippen LogP contribution is -2.28. The molecule has 0 spiro atoms. The van der Waals surface area contributed by atoms with Gasteiger partial charge in [-0.15, -0.1) is 11.8 Å². The summed E-state index contributed by atoms with van der Waals surface area (Å²) in [6, 6.07) is 12.1. The molecule has 7 heteroatoms. The fraction of sp³-hybridized carbons (Fsp3) is 0.235. The van der Waals surface area contributed by atoms with Crippen molar-refractivity contribution in [3.8, 4) is 5.75 Å². The van der Waals surface area contributed by atoms with Gasteiger partial charge in [0.15, 0.2) is 0 Å². The van der Waals surface area contributed by atoms with Crippen LogP contribution in [0.1, 0.15) is 15.9 Å². The summed E-state index contributed by atoms with van der Waals surface area (Å²) < 4.78 is 5.52. The Balaban J connectivity index is 1.94. The molecule has 6 nitrogen and oxygen atoms in total. The Bertz CT molecular complexity index is 732. The van der Waals surface area contributed by atoms with E-state index >= 15 is 0 Å². The molecular weight excluding hydrogens is 328 g/mol. The minimum absolute atomic E-state index is 0.0576. The maximum Gasteiger partial charge on any atom is 0.282 e. The van der Waals surface area contributed by atoms with Crippen molar-refractivity contribution in [2.45, 2.75) is 11.8 Å². The largest absolute Gasteiger partial charge is 0.492 e. The third-order valence-electron chi connectivity index (χ3n) is 3.32. The molecule has 0 aliphatic rings. The third-order valence-corrected chi connectivity index (χ3v) is 4.05. The SMILES string of the molecule is CSc1ccc([N+](=O)[O-])c(C(=O)NCCOc2ccc(C)cc2)c1. The minimum Gasteiger partial charge on any atom is -0.492 e. The van der Waals surface area contributed by atoms with Crippen molar-refractivity contribution in [1.82, 2.24) is 5.32 Å². The normalized spacial score (nSPS) is 10.2. The first-order valence-electron chi connectivity index (χ1n) is 7.31. The van der Waals surface area contributed by atoms with Crippen molar-refractivity contribution >= 4 is 23.4 Å². The number of nitrogens with one attached hydrogen (secondary N) is 1. The average molecular weight is 346 g/mol. The number of hydrogen-bond acceptors (Lipinski definition) is 5. The zero-order chi connectivity index (χ0) is 17.5. The number of carbonyl (C=O) groups is 1. The highest BCUT2D eigenvalue weighted by atomic mass is 32.2. The van der Waals surface area contributed by atoms with Crippen molar-refractivity contribution in [3.05, 3.63) is 63.7 Å². The Labute approximate surface area is 144 Å². The van der Waals surface area contributed by atoms with Gasteiger partial charge in [-0.05, 0) is 37.4 Å². The molecule has 2 aromatic carbocycles. The molecule has 0 saturated carbocycles. The summed E-state index contributed by atoms with van der Waals surface area (Å²) >= 11 is 1.42. The molecule has 2 rings (SSSR count). The monoisotopic (exact) mass is 346 g/mol. The molecule has 0 aliphatic heterocycles. The predicted octanol–water partition coefficient (Wildman–Crippen LogP) is 3.43. The number of ether oxygens (including phenoxy) is 1. The van der Waals surface area contributed by atoms with Gasteiger partial charge in [-0.1, -0.05) is 17.7 Å². The van der Waals surface area contributed by atoms with Gasteiger partial charge < -0.3 is 10.1 Å². The van der Waals surface area contributed by atoms with E-state index in [4.69, 9.17) is 4.74 Å². The van der Waals surface area contributed by atoms with E-state index in [1.807, 2.05) is 37.4 Å². The van der Waals surface area contributed by atoms with Crippen LogP contribution in [0, 0.1) is 17.0 Å². The Morgan fingerprint density at radius 2 is 1.96 bits per heavy atom. The van der Waals surface area contributed by atoms with Gasteiger partial charge in [-0.25, -0.2) is 0 Å². The van der Waals surface area contributed by atoms with E-state index in [1.54, 1.807) is 6.07 Å². The summed E-state index contributed by atoms with van der Waals surface area (Å²) in [6.07, 6.45) is 1.85. The highest BCUT2D eigenvalue weighted by Crippen LogP contribution is 2.24. The Morgan fingerprint density at radius 3 is 2.58 bits per heavy atom. The lowest BCUT2D eigenvalue weighted by molar-refractivity contribution is -0.385. The highest BCUT2D eigenvalue weighted by Gasteiger charge is 2.20. The van der Waals surface area contributed by atoms with Gasteiger partial charge >= 0.3 is 0 Å². The molecule has 0 saturated heterocycles. The van der Waals surface area contributed by atoms with Crippen LogP contribution in [0.2, 0.25) is 0 Å². The molecule has 0 atom stereocenters. The number of aryl methyl sites for hydroxylation is 1. The predicted molar refractivity (Wildman–Crippen MR) is 93.9 cm³/mol. The van der Waals surface area contributed by atoms with E-state index in [-0.39, 0.29) is 24.4 Å². The second-order valence-electron chi connectivity index (χ2n) is 5.06. The Kier molecular flexibility index (Phi) is 6.20. The first-order chi connectivity index (χ1) is 11.5. The number of nitro groups is 1. The van der Waals surface area contributed by atoms with Crippen molar-refractivity contribution in [3.63, 3.8) is 0 Å². The summed E-state index contributed by atoms with van der Waals surface area (Å²) in [7, 11) is 0. The number of nitrogens with zero attached hydrogens (tertiary/aromatic N) is 1. The summed E-state index contributed by atoms with van der Waals surface area (Å²) in [5.74, 6) is 0.232. The van der Waals surface area contributed by atoms with Crippen LogP contribution >= 0.6 is 11.8 Å². The second-order valence-corrected chi connectivity index (χ2v) is 5.94. The summed E-state index contributed by atoms with van der Waals surface area (Å²) in [4.78, 5) is 23.5. The smallest absolute Gasteiger partial charge is 0.282 e. The molecule has 0 fully saturated rings. The fourth-order valence-electron chi connectivity index (χ4n) is 2.05. The first-order valence-corrected chi connectivity index (χ1v) is 8.54. The topological polar surface area (TPSA) is 81.5 Å². The number of thioether (sulfide) groups is 1. The number of hydrogen-bond donors (Lipinski definition) is 1. The highest BCUT2D eigenvalue weighted by molar-refractivity contribution is 7.98.